The smallest absolute Gasteiger partial charge is 0.475 e. The molecule has 4 rings (SSSR count). The van der Waals surface area contributed by atoms with Crippen molar-refractivity contribution in [2.45, 2.75) is 36.1 Å². The van der Waals surface area contributed by atoms with Gasteiger partial charge in [0.15, 0.2) is 5.60 Å². The zero-order valence-corrected chi connectivity index (χ0v) is 20.2. The highest BCUT2D eigenvalue weighted by molar-refractivity contribution is 7.89. The number of rotatable bonds is 5. The minimum absolute atomic E-state index is 0.0197. The van der Waals surface area contributed by atoms with E-state index in [4.69, 9.17) is 14.7 Å². The van der Waals surface area contributed by atoms with Crippen LogP contribution in [0, 0.1) is 5.82 Å². The second-order valence-corrected chi connectivity index (χ2v) is 10.3. The van der Waals surface area contributed by atoms with Crippen molar-refractivity contribution in [3.8, 4) is 0 Å². The van der Waals surface area contributed by atoms with E-state index in [9.17, 15) is 30.8 Å². The maximum atomic E-state index is 13.1. The van der Waals surface area contributed by atoms with Crippen LogP contribution in [0.25, 0.3) is 0 Å². The minimum atomic E-state index is -5.08. The molecule has 2 aliphatic heterocycles. The molecule has 2 aromatic rings. The van der Waals surface area contributed by atoms with Gasteiger partial charge in [0.05, 0.1) is 23.7 Å². The fraction of sp³-hybridized carbons (Fsp3) is 0.364. The van der Waals surface area contributed by atoms with Crippen LogP contribution in [-0.4, -0.2) is 77.2 Å². The lowest BCUT2D eigenvalue weighted by Crippen LogP contribution is -2.39. The van der Waals surface area contributed by atoms with Gasteiger partial charge in [-0.05, 0) is 36.4 Å². The predicted molar refractivity (Wildman–Crippen MR) is 120 cm³/mol. The zero-order valence-electron chi connectivity index (χ0n) is 19.4. The number of alkyl halides is 3. The number of carbonyl (C=O) groups excluding carboxylic acids is 1. The molecular formula is C22H22F4N4O6S. The number of aliphatic carboxylic acids is 1. The fourth-order valence-electron chi connectivity index (χ4n) is 3.65. The average molecular weight is 546 g/mol. The van der Waals surface area contributed by atoms with Crippen molar-refractivity contribution in [2.24, 2.45) is 5.16 Å². The lowest BCUT2D eigenvalue weighted by molar-refractivity contribution is -0.192. The lowest BCUT2D eigenvalue weighted by Gasteiger charge is -2.22. The van der Waals surface area contributed by atoms with Crippen molar-refractivity contribution >= 4 is 27.6 Å². The zero-order chi connectivity index (χ0) is 27.4. The third-order valence-corrected chi connectivity index (χ3v) is 7.39. The Kier molecular flexibility index (Phi) is 8.17. The van der Waals surface area contributed by atoms with Crippen molar-refractivity contribution in [1.29, 1.82) is 0 Å². The number of hydrogen-bond donors (Lipinski definition) is 1. The van der Waals surface area contributed by atoms with Gasteiger partial charge in [-0.2, -0.15) is 17.5 Å². The first-order valence-corrected chi connectivity index (χ1v) is 12.1. The molecular weight excluding hydrogens is 524 g/mol. The Labute approximate surface area is 209 Å². The summed E-state index contributed by atoms with van der Waals surface area (Å²) in [6, 6.07) is 10.2. The molecule has 10 nitrogen and oxygen atoms in total. The summed E-state index contributed by atoms with van der Waals surface area (Å²) in [5.41, 5.74) is 0.152. The lowest BCUT2D eigenvalue weighted by atomic mass is 9.96. The summed E-state index contributed by atoms with van der Waals surface area (Å²) in [6.07, 6.45) is -2.78. The van der Waals surface area contributed by atoms with Crippen molar-refractivity contribution in [1.82, 2.24) is 14.2 Å². The average Bonchev–Trinajstić information content (AvgIpc) is 3.46. The topological polar surface area (TPSA) is 129 Å². The number of oxime groups is 1. The standard InChI is InChI=1S/C20H21FN4O4S.C2HF3O2/c1-24(13-16-4-2-3-10-22-16)19(26)18-12-20(29-23-18)9-11-25(14-20)30(27,28)17-7-5-15(21)6-8-17;3-2(4,5)1(6)7/h2-8,10H,9,11-14H2,1H3;(H,6,7). The molecule has 1 N–H and O–H groups in total. The number of pyridine rings is 1. The summed E-state index contributed by atoms with van der Waals surface area (Å²) in [5.74, 6) is -3.54. The molecule has 0 aliphatic carbocycles. The Morgan fingerprint density at radius 1 is 1.19 bits per heavy atom. The maximum absolute atomic E-state index is 13.1. The van der Waals surface area contributed by atoms with Crippen LogP contribution in [0.3, 0.4) is 0 Å². The van der Waals surface area contributed by atoms with E-state index in [1.54, 1.807) is 19.3 Å². The van der Waals surface area contributed by atoms with Gasteiger partial charge in [0.1, 0.15) is 11.5 Å². The van der Waals surface area contributed by atoms with Crippen LogP contribution in [0.1, 0.15) is 18.5 Å². The highest BCUT2D eigenvalue weighted by Crippen LogP contribution is 2.36. The summed E-state index contributed by atoms with van der Waals surface area (Å²) in [4.78, 5) is 32.9. The highest BCUT2D eigenvalue weighted by Gasteiger charge is 2.50. The highest BCUT2D eigenvalue weighted by atomic mass is 32.2. The van der Waals surface area contributed by atoms with Gasteiger partial charge in [-0.3, -0.25) is 9.78 Å². The number of nitrogens with zero attached hydrogens (tertiary/aromatic N) is 4. The monoisotopic (exact) mass is 546 g/mol. The Balaban J connectivity index is 0.000000479. The molecule has 1 unspecified atom stereocenters. The molecule has 1 atom stereocenters. The van der Waals surface area contributed by atoms with Gasteiger partial charge in [-0.1, -0.05) is 11.2 Å². The predicted octanol–water partition coefficient (Wildman–Crippen LogP) is 2.42. The van der Waals surface area contributed by atoms with Gasteiger partial charge in [0.25, 0.3) is 5.91 Å². The molecule has 1 saturated heterocycles. The van der Waals surface area contributed by atoms with Crippen LogP contribution < -0.4 is 0 Å². The van der Waals surface area contributed by atoms with Crippen LogP contribution in [-0.2, 0) is 31.0 Å². The number of amides is 1. The van der Waals surface area contributed by atoms with E-state index in [1.807, 2.05) is 12.1 Å². The first kappa shape index (κ1) is 28.0. The molecule has 2 aliphatic rings. The first-order chi connectivity index (χ1) is 17.2. The van der Waals surface area contributed by atoms with E-state index < -0.39 is 33.6 Å². The van der Waals surface area contributed by atoms with Crippen LogP contribution in [0.5, 0.6) is 0 Å². The molecule has 3 heterocycles. The molecule has 37 heavy (non-hydrogen) atoms. The van der Waals surface area contributed by atoms with Crippen molar-refractivity contribution < 1.29 is 45.5 Å². The van der Waals surface area contributed by atoms with Crippen LogP contribution in [0.15, 0.2) is 58.7 Å². The number of benzene rings is 1. The van der Waals surface area contributed by atoms with E-state index in [0.29, 0.717) is 13.0 Å². The number of carbonyl (C=O) groups is 2. The number of carboxylic acid groups (broad SMARTS) is 1. The minimum Gasteiger partial charge on any atom is -0.475 e. The number of sulfonamides is 1. The summed E-state index contributed by atoms with van der Waals surface area (Å²) in [6.45, 7) is 0.647. The second kappa shape index (κ2) is 10.8. The summed E-state index contributed by atoms with van der Waals surface area (Å²) >= 11 is 0. The van der Waals surface area contributed by atoms with Gasteiger partial charge < -0.3 is 14.8 Å². The number of aromatic nitrogens is 1. The Morgan fingerprint density at radius 3 is 2.41 bits per heavy atom. The van der Waals surface area contributed by atoms with Gasteiger partial charge in [-0.25, -0.2) is 17.6 Å². The fourth-order valence-corrected chi connectivity index (χ4v) is 5.17. The molecule has 1 fully saturated rings. The third-order valence-electron chi connectivity index (χ3n) is 5.53. The molecule has 200 valence electrons. The molecule has 1 aromatic heterocycles. The molecule has 0 saturated carbocycles. The van der Waals surface area contributed by atoms with Crippen LogP contribution >= 0.6 is 0 Å². The summed E-state index contributed by atoms with van der Waals surface area (Å²) < 4.78 is 71.8. The maximum Gasteiger partial charge on any atom is 0.490 e. The number of carboxylic acids is 1. The number of hydrogen-bond acceptors (Lipinski definition) is 7. The van der Waals surface area contributed by atoms with E-state index in [0.717, 1.165) is 17.8 Å². The van der Waals surface area contributed by atoms with Gasteiger partial charge in [0.2, 0.25) is 10.0 Å². The quantitative estimate of drug-likeness (QED) is 0.571. The Hall–Kier alpha value is -3.59. The van der Waals surface area contributed by atoms with Crippen molar-refractivity contribution in [3.63, 3.8) is 0 Å². The van der Waals surface area contributed by atoms with E-state index in [1.165, 1.54) is 21.3 Å². The second-order valence-electron chi connectivity index (χ2n) is 8.32. The van der Waals surface area contributed by atoms with Gasteiger partial charge in [0, 0.05) is 32.6 Å². The van der Waals surface area contributed by atoms with Gasteiger partial charge in [-0.15, -0.1) is 0 Å². The summed E-state index contributed by atoms with van der Waals surface area (Å²) in [5, 5.41) is 11.1. The molecule has 0 radical (unpaired) electrons. The van der Waals surface area contributed by atoms with E-state index in [-0.39, 0.29) is 36.0 Å². The SMILES string of the molecule is CN(Cc1ccccn1)C(=O)C1=NOC2(CCN(S(=O)(=O)c3ccc(F)cc3)C2)C1.O=C(O)C(F)(F)F. The Bertz CT molecular complexity index is 1270. The van der Waals surface area contributed by atoms with E-state index in [2.05, 4.69) is 10.1 Å². The third kappa shape index (κ3) is 6.80. The first-order valence-electron chi connectivity index (χ1n) is 10.7. The largest absolute Gasteiger partial charge is 0.490 e. The Morgan fingerprint density at radius 2 is 1.84 bits per heavy atom. The molecule has 1 spiro atoms. The molecule has 1 aromatic carbocycles. The molecule has 0 bridgehead atoms. The van der Waals surface area contributed by atoms with Crippen LogP contribution in [0.2, 0.25) is 0 Å². The normalized spacial score (nSPS) is 19.5. The van der Waals surface area contributed by atoms with Crippen molar-refractivity contribution in [3.05, 3.63) is 60.2 Å². The number of halogens is 4. The molecule has 1 amide bonds. The van der Waals surface area contributed by atoms with E-state index >= 15 is 0 Å². The van der Waals surface area contributed by atoms with Crippen LogP contribution in [0.4, 0.5) is 17.6 Å². The molecule has 15 heteroatoms. The summed E-state index contributed by atoms with van der Waals surface area (Å²) in [7, 11) is -2.12. The van der Waals surface area contributed by atoms with Crippen molar-refractivity contribution in [2.75, 3.05) is 20.1 Å². The van der Waals surface area contributed by atoms with Gasteiger partial charge >= 0.3 is 12.1 Å².